The van der Waals surface area contributed by atoms with Crippen molar-refractivity contribution in [1.29, 1.82) is 0 Å². The Morgan fingerprint density at radius 3 is 2.72 bits per heavy atom. The third-order valence-corrected chi connectivity index (χ3v) is 6.19. The average molecular weight is 538 g/mol. The largest absolute Gasteiger partial charge is 0.453 e. The van der Waals surface area contributed by atoms with Crippen LogP contribution in [0.3, 0.4) is 0 Å². The number of benzene rings is 2. The Labute approximate surface area is 167 Å². The molecule has 1 heterocycles. The zero-order valence-electron chi connectivity index (χ0n) is 12.9. The van der Waals surface area contributed by atoms with Gasteiger partial charge in [-0.15, -0.1) is 0 Å². The maximum absolute atomic E-state index is 14.5. The molecule has 8 heteroatoms. The minimum atomic E-state index is -0.620. The number of hydrogen-bond donors (Lipinski definition) is 0. The Bertz CT molecular complexity index is 977. The third kappa shape index (κ3) is 3.56. The number of halogens is 4. The van der Waals surface area contributed by atoms with E-state index in [0.29, 0.717) is 9.99 Å². The molecule has 3 rings (SSSR count). The zero-order chi connectivity index (χ0) is 18.1. The van der Waals surface area contributed by atoms with Crippen molar-refractivity contribution in [3.05, 3.63) is 58.2 Å². The Morgan fingerprint density at radius 2 is 2.04 bits per heavy atom. The van der Waals surface area contributed by atoms with Crippen LogP contribution >= 0.6 is 46.3 Å². The second kappa shape index (κ2) is 7.63. The van der Waals surface area contributed by atoms with Crippen LogP contribution in [-0.4, -0.2) is 9.76 Å². The predicted octanol–water partition coefficient (Wildman–Crippen LogP) is 6.91. The Morgan fingerprint density at radius 1 is 1.28 bits per heavy atom. The molecule has 0 N–H and O–H groups in total. The summed E-state index contributed by atoms with van der Waals surface area (Å²) < 4.78 is 36.2. The van der Waals surface area contributed by atoms with Crippen molar-refractivity contribution in [3.63, 3.8) is 0 Å². The molecular weight excluding hydrogens is 527 g/mol. The Balaban J connectivity index is 2.05. The molecule has 0 bridgehead atoms. The van der Waals surface area contributed by atoms with E-state index in [9.17, 15) is 13.6 Å². The number of nitrogens with zero attached hydrogens (tertiary/aromatic N) is 1. The van der Waals surface area contributed by atoms with Crippen LogP contribution in [0.25, 0.3) is 10.9 Å². The van der Waals surface area contributed by atoms with Gasteiger partial charge in [-0.2, -0.15) is 0 Å². The van der Waals surface area contributed by atoms with Gasteiger partial charge < -0.3 is 4.74 Å². The highest BCUT2D eigenvalue weighted by Gasteiger charge is 2.18. The number of aromatic nitrogens is 1. The molecule has 3 nitrogen and oxygen atoms in total. The van der Waals surface area contributed by atoms with E-state index in [1.54, 1.807) is 6.92 Å². The first kappa shape index (κ1) is 18.7. The highest BCUT2D eigenvalue weighted by atomic mass is 127. The molecule has 25 heavy (non-hydrogen) atoms. The molecule has 1 aromatic heterocycles. The molecule has 3 aromatic rings. The van der Waals surface area contributed by atoms with E-state index in [0.717, 1.165) is 11.5 Å². The van der Waals surface area contributed by atoms with E-state index < -0.39 is 11.6 Å². The monoisotopic (exact) mass is 537 g/mol. The number of hydrogen-bond acceptors (Lipinski definition) is 3. The maximum Gasteiger partial charge on any atom is 0.177 e. The number of fused-ring (bicyclic) bond motifs is 1. The SMILES string of the molecule is CCC(=O)c1cc(Oc2c(F)cc3c(ccn3SI)c2Br)ccc1F. The summed E-state index contributed by atoms with van der Waals surface area (Å²) in [7, 11) is 1.42. The minimum Gasteiger partial charge on any atom is -0.453 e. The maximum atomic E-state index is 14.5. The first-order valence-electron chi connectivity index (χ1n) is 7.25. The number of ether oxygens (including phenoxy) is 1. The van der Waals surface area contributed by atoms with Gasteiger partial charge in [-0.1, -0.05) is 6.92 Å². The summed E-state index contributed by atoms with van der Waals surface area (Å²) in [6.07, 6.45) is 2.00. The van der Waals surface area contributed by atoms with Crippen molar-refractivity contribution in [2.45, 2.75) is 13.3 Å². The second-order valence-corrected chi connectivity index (χ2v) is 7.67. The lowest BCUT2D eigenvalue weighted by Crippen LogP contribution is -2.01. The highest BCUT2D eigenvalue weighted by Crippen LogP contribution is 2.40. The van der Waals surface area contributed by atoms with Gasteiger partial charge in [-0.3, -0.25) is 8.77 Å². The van der Waals surface area contributed by atoms with Crippen LogP contribution in [0, 0.1) is 11.6 Å². The fraction of sp³-hybridized carbons (Fsp3) is 0.118. The topological polar surface area (TPSA) is 31.2 Å². The molecule has 0 aliphatic carbocycles. The molecule has 0 fully saturated rings. The molecule has 0 saturated heterocycles. The Hall–Kier alpha value is -1.13. The van der Waals surface area contributed by atoms with E-state index in [1.807, 2.05) is 16.2 Å². The number of rotatable bonds is 5. The first-order chi connectivity index (χ1) is 12.0. The van der Waals surface area contributed by atoms with Crippen LogP contribution < -0.4 is 4.74 Å². The molecule has 0 aliphatic rings. The van der Waals surface area contributed by atoms with Crippen LogP contribution in [0.1, 0.15) is 23.7 Å². The third-order valence-electron chi connectivity index (χ3n) is 3.66. The molecule has 0 spiro atoms. The van der Waals surface area contributed by atoms with Gasteiger partial charge in [0, 0.05) is 54.4 Å². The molecule has 130 valence electrons. The summed E-state index contributed by atoms with van der Waals surface area (Å²) in [4.78, 5) is 11.8. The van der Waals surface area contributed by atoms with Crippen LogP contribution in [0.5, 0.6) is 11.5 Å². The molecule has 0 atom stereocenters. The molecule has 0 radical (unpaired) electrons. The van der Waals surface area contributed by atoms with E-state index in [2.05, 4.69) is 37.1 Å². The van der Waals surface area contributed by atoms with Crippen LogP contribution in [-0.2, 0) is 0 Å². The minimum absolute atomic E-state index is 0.00906. The lowest BCUT2D eigenvalue weighted by molar-refractivity contribution is 0.0984. The van der Waals surface area contributed by atoms with Crippen molar-refractivity contribution in [2.75, 3.05) is 0 Å². The van der Waals surface area contributed by atoms with E-state index in [4.69, 9.17) is 4.74 Å². The number of Topliss-reactive ketones (excluding diaryl/α,β-unsaturated/α-hetero) is 1. The van der Waals surface area contributed by atoms with Gasteiger partial charge in [-0.25, -0.2) is 8.78 Å². The van der Waals surface area contributed by atoms with Crippen LogP contribution in [0.4, 0.5) is 8.78 Å². The predicted molar refractivity (Wildman–Crippen MR) is 108 cm³/mol. The van der Waals surface area contributed by atoms with Crippen LogP contribution in [0.15, 0.2) is 41.0 Å². The van der Waals surface area contributed by atoms with Gasteiger partial charge in [0.05, 0.1) is 15.6 Å². The summed E-state index contributed by atoms with van der Waals surface area (Å²) in [6, 6.07) is 7.02. The molecule has 0 unspecified atom stereocenters. The molecule has 0 amide bonds. The van der Waals surface area contributed by atoms with Crippen LogP contribution in [0.2, 0.25) is 0 Å². The summed E-state index contributed by atoms with van der Waals surface area (Å²) in [6.45, 7) is 1.65. The lowest BCUT2D eigenvalue weighted by atomic mass is 10.1. The van der Waals surface area contributed by atoms with Crippen molar-refractivity contribution in [1.82, 2.24) is 3.97 Å². The number of ketones is 1. The van der Waals surface area contributed by atoms with E-state index >= 15 is 0 Å². The van der Waals surface area contributed by atoms with Crippen molar-refractivity contribution >= 4 is 62.9 Å². The van der Waals surface area contributed by atoms with Gasteiger partial charge in [0.2, 0.25) is 0 Å². The van der Waals surface area contributed by atoms with Crippen molar-refractivity contribution < 1.29 is 18.3 Å². The van der Waals surface area contributed by atoms with Crippen molar-refractivity contribution in [2.24, 2.45) is 0 Å². The molecule has 2 aromatic carbocycles. The Kier molecular flexibility index (Phi) is 5.69. The molecular formula is C17H11BrF2INO2S. The summed E-state index contributed by atoms with van der Waals surface area (Å²) >= 11 is 5.49. The fourth-order valence-electron chi connectivity index (χ4n) is 2.41. The lowest BCUT2D eigenvalue weighted by Gasteiger charge is -2.12. The first-order valence-corrected chi connectivity index (χ1v) is 11.4. The summed E-state index contributed by atoms with van der Waals surface area (Å²) in [5.74, 6) is -1.33. The zero-order valence-corrected chi connectivity index (χ0v) is 17.4. The normalized spacial score (nSPS) is 11.1. The molecule has 0 aliphatic heterocycles. The van der Waals surface area contributed by atoms with Gasteiger partial charge in [0.1, 0.15) is 11.6 Å². The van der Waals surface area contributed by atoms with Crippen molar-refractivity contribution in [3.8, 4) is 11.5 Å². The average Bonchev–Trinajstić information content (AvgIpc) is 3.02. The number of carbonyl (C=O) groups is 1. The van der Waals surface area contributed by atoms with Gasteiger partial charge >= 0.3 is 0 Å². The molecule has 0 saturated carbocycles. The van der Waals surface area contributed by atoms with Gasteiger partial charge in [-0.05, 0) is 40.2 Å². The van der Waals surface area contributed by atoms with Gasteiger partial charge in [0.25, 0.3) is 0 Å². The smallest absolute Gasteiger partial charge is 0.177 e. The summed E-state index contributed by atoms with van der Waals surface area (Å²) in [5.41, 5.74) is 0.641. The van der Waals surface area contributed by atoms with E-state index in [-0.39, 0.29) is 29.3 Å². The van der Waals surface area contributed by atoms with Gasteiger partial charge in [0.15, 0.2) is 17.3 Å². The second-order valence-electron chi connectivity index (χ2n) is 5.17. The highest BCUT2D eigenvalue weighted by molar-refractivity contribution is 14.2. The quantitative estimate of drug-likeness (QED) is 0.262. The van der Waals surface area contributed by atoms with E-state index in [1.165, 1.54) is 27.3 Å². The summed E-state index contributed by atoms with van der Waals surface area (Å²) in [5, 5.41) is 0.785. The fourth-order valence-corrected chi connectivity index (χ4v) is 4.38. The number of carbonyl (C=O) groups excluding carboxylic acids is 1. The standard InChI is InChI=1S/C17H11BrF2INO2S/c1-2-15(23)11-7-9(3-4-12(11)19)24-17-13(20)8-14-10(16(17)18)5-6-22(14)25-21/h3-8H,2H2,1H3.